The number of aliphatic carboxylic acids is 2. The molecule has 0 spiro atoms. The lowest BCUT2D eigenvalue weighted by atomic mass is 10.1. The summed E-state index contributed by atoms with van der Waals surface area (Å²) in [7, 11) is 0. The van der Waals surface area contributed by atoms with Crippen molar-refractivity contribution < 1.29 is 34.2 Å². The molecule has 0 saturated carbocycles. The molecule has 3 amide bonds. The van der Waals surface area contributed by atoms with Crippen LogP contribution in [0.25, 0.3) is 0 Å². The van der Waals surface area contributed by atoms with E-state index in [1.54, 1.807) is 0 Å². The largest absolute Gasteiger partial charge is 0.481 e. The maximum absolute atomic E-state index is 12.6. The van der Waals surface area contributed by atoms with Crippen molar-refractivity contribution in [2.45, 2.75) is 56.8 Å². The number of amides is 3. The van der Waals surface area contributed by atoms with Gasteiger partial charge in [-0.1, -0.05) is 0 Å². The molecule has 0 radical (unpaired) electrons. The fourth-order valence-corrected chi connectivity index (χ4v) is 3.30. The summed E-state index contributed by atoms with van der Waals surface area (Å²) >= 11 is 0. The van der Waals surface area contributed by atoms with E-state index in [0.717, 1.165) is 0 Å². The van der Waals surface area contributed by atoms with Crippen LogP contribution in [0.1, 0.15) is 31.9 Å². The summed E-state index contributed by atoms with van der Waals surface area (Å²) in [5, 5.41) is 22.9. The number of carbonyl (C=O) groups is 5. The first kappa shape index (κ1) is 23.8. The van der Waals surface area contributed by atoms with Gasteiger partial charge in [0.05, 0.1) is 18.8 Å². The molecule has 1 saturated heterocycles. The lowest BCUT2D eigenvalue weighted by molar-refractivity contribution is -0.149. The number of carbonyl (C=O) groups excluding carboxylic acids is 3. The van der Waals surface area contributed by atoms with Gasteiger partial charge in [-0.2, -0.15) is 0 Å². The van der Waals surface area contributed by atoms with Crippen molar-refractivity contribution in [3.63, 3.8) is 0 Å². The number of aromatic nitrogens is 2. The Kier molecular flexibility index (Phi) is 8.07. The van der Waals surface area contributed by atoms with Gasteiger partial charge in [0.1, 0.15) is 18.1 Å². The van der Waals surface area contributed by atoms with Crippen LogP contribution >= 0.6 is 0 Å². The lowest BCUT2D eigenvalue weighted by Crippen LogP contribution is -2.57. The van der Waals surface area contributed by atoms with Crippen molar-refractivity contribution in [1.82, 2.24) is 25.5 Å². The molecular formula is C18H26N6O7. The Morgan fingerprint density at radius 1 is 1.26 bits per heavy atom. The number of carboxylic acid groups (broad SMARTS) is 2. The van der Waals surface area contributed by atoms with Crippen LogP contribution in [-0.2, 0) is 30.4 Å². The van der Waals surface area contributed by atoms with Gasteiger partial charge >= 0.3 is 11.9 Å². The fourth-order valence-electron chi connectivity index (χ4n) is 3.30. The normalized spacial score (nSPS) is 18.6. The SMILES string of the molecule is CC(NC(=O)C(CC(=O)O)NC(=O)C(N)Cc1cnc[nH]1)C(=O)N1CCCC1C(=O)O. The Labute approximate surface area is 177 Å². The summed E-state index contributed by atoms with van der Waals surface area (Å²) in [5.41, 5.74) is 6.39. The van der Waals surface area contributed by atoms with Crippen molar-refractivity contribution in [3.05, 3.63) is 18.2 Å². The van der Waals surface area contributed by atoms with E-state index in [1.807, 2.05) is 0 Å². The molecular weight excluding hydrogens is 412 g/mol. The summed E-state index contributed by atoms with van der Waals surface area (Å²) in [5.74, 6) is -4.72. The molecule has 4 unspecified atom stereocenters. The highest BCUT2D eigenvalue weighted by Gasteiger charge is 2.37. The number of nitrogens with zero attached hydrogens (tertiary/aromatic N) is 2. The Morgan fingerprint density at radius 3 is 2.55 bits per heavy atom. The second kappa shape index (κ2) is 10.5. The molecule has 13 heteroatoms. The van der Waals surface area contributed by atoms with Crippen molar-refractivity contribution in [2.75, 3.05) is 6.54 Å². The zero-order valence-electron chi connectivity index (χ0n) is 16.9. The average molecular weight is 438 g/mol. The van der Waals surface area contributed by atoms with Crippen molar-refractivity contribution in [3.8, 4) is 0 Å². The van der Waals surface area contributed by atoms with Crippen LogP contribution in [-0.4, -0.2) is 85.5 Å². The number of H-pyrrole nitrogens is 1. The standard InChI is InChI=1S/C18H26N6O7/c1-9(17(29)24-4-2-3-13(24)18(30)31)22-16(28)12(6-14(25)26)23-15(27)11(19)5-10-7-20-8-21-10/h7-9,11-13H,2-6,19H2,1H3,(H,20,21)(H,22,28)(H,23,27)(H,25,26)(H,30,31). The first-order valence-electron chi connectivity index (χ1n) is 9.68. The topological polar surface area (TPSA) is 208 Å². The van der Waals surface area contributed by atoms with Crippen LogP contribution in [0.15, 0.2) is 12.5 Å². The van der Waals surface area contributed by atoms with Crippen LogP contribution < -0.4 is 16.4 Å². The third kappa shape index (κ3) is 6.50. The van der Waals surface area contributed by atoms with Gasteiger partial charge in [-0.25, -0.2) is 9.78 Å². The Morgan fingerprint density at radius 2 is 1.97 bits per heavy atom. The first-order chi connectivity index (χ1) is 14.6. The van der Waals surface area contributed by atoms with Gasteiger partial charge in [0, 0.05) is 24.9 Å². The third-order valence-corrected chi connectivity index (χ3v) is 4.89. The summed E-state index contributed by atoms with van der Waals surface area (Å²) in [6, 6.07) is -4.62. The number of hydrogen-bond acceptors (Lipinski definition) is 7. The molecule has 0 bridgehead atoms. The van der Waals surface area contributed by atoms with Gasteiger partial charge in [0.2, 0.25) is 17.7 Å². The molecule has 2 rings (SSSR count). The van der Waals surface area contributed by atoms with Gasteiger partial charge in [-0.3, -0.25) is 19.2 Å². The summed E-state index contributed by atoms with van der Waals surface area (Å²) in [6.45, 7) is 1.61. The van der Waals surface area contributed by atoms with Crippen LogP contribution in [0.3, 0.4) is 0 Å². The van der Waals surface area contributed by atoms with E-state index in [0.29, 0.717) is 18.5 Å². The maximum Gasteiger partial charge on any atom is 0.326 e. The third-order valence-electron chi connectivity index (χ3n) is 4.89. The molecule has 1 aromatic rings. The minimum atomic E-state index is -1.47. The molecule has 1 aliphatic rings. The van der Waals surface area contributed by atoms with E-state index in [9.17, 15) is 29.1 Å². The van der Waals surface area contributed by atoms with Crippen molar-refractivity contribution in [1.29, 1.82) is 0 Å². The second-order valence-electron chi connectivity index (χ2n) is 7.30. The highest BCUT2D eigenvalue weighted by atomic mass is 16.4. The number of carboxylic acids is 2. The molecule has 31 heavy (non-hydrogen) atoms. The molecule has 4 atom stereocenters. The van der Waals surface area contributed by atoms with Gasteiger partial charge in [-0.15, -0.1) is 0 Å². The van der Waals surface area contributed by atoms with E-state index in [4.69, 9.17) is 10.8 Å². The van der Waals surface area contributed by atoms with Gasteiger partial charge in [-0.05, 0) is 19.8 Å². The highest BCUT2D eigenvalue weighted by Crippen LogP contribution is 2.18. The van der Waals surface area contributed by atoms with E-state index < -0.39 is 60.2 Å². The predicted molar refractivity (Wildman–Crippen MR) is 104 cm³/mol. The monoisotopic (exact) mass is 438 g/mol. The molecule has 1 fully saturated rings. The molecule has 1 aliphatic heterocycles. The number of imidazole rings is 1. The predicted octanol–water partition coefficient (Wildman–Crippen LogP) is -2.18. The number of aromatic amines is 1. The molecule has 170 valence electrons. The number of nitrogens with two attached hydrogens (primary N) is 1. The molecule has 1 aromatic heterocycles. The average Bonchev–Trinajstić information content (AvgIpc) is 3.38. The van der Waals surface area contributed by atoms with Crippen molar-refractivity contribution >= 4 is 29.7 Å². The Balaban J connectivity index is 1.99. The Bertz CT molecular complexity index is 827. The van der Waals surface area contributed by atoms with E-state index >= 15 is 0 Å². The zero-order chi connectivity index (χ0) is 23.1. The van der Waals surface area contributed by atoms with Crippen LogP contribution in [0.4, 0.5) is 0 Å². The van der Waals surface area contributed by atoms with Gasteiger partial charge in [0.15, 0.2) is 0 Å². The van der Waals surface area contributed by atoms with Crippen LogP contribution in [0, 0.1) is 0 Å². The number of likely N-dealkylation sites (tertiary alicyclic amines) is 1. The van der Waals surface area contributed by atoms with Gasteiger partial charge in [0.25, 0.3) is 0 Å². The zero-order valence-corrected chi connectivity index (χ0v) is 16.9. The lowest BCUT2D eigenvalue weighted by Gasteiger charge is -2.26. The van der Waals surface area contributed by atoms with Crippen LogP contribution in [0.5, 0.6) is 0 Å². The smallest absolute Gasteiger partial charge is 0.326 e. The van der Waals surface area contributed by atoms with Crippen molar-refractivity contribution in [2.24, 2.45) is 5.73 Å². The molecule has 0 aliphatic carbocycles. The quantitative estimate of drug-likeness (QED) is 0.234. The van der Waals surface area contributed by atoms with E-state index in [-0.39, 0.29) is 13.0 Å². The number of rotatable bonds is 10. The van der Waals surface area contributed by atoms with E-state index in [1.165, 1.54) is 24.3 Å². The number of nitrogens with one attached hydrogen (secondary N) is 3. The summed E-state index contributed by atoms with van der Waals surface area (Å²) in [6.07, 6.45) is 3.09. The molecule has 0 aromatic carbocycles. The minimum absolute atomic E-state index is 0.0909. The first-order valence-corrected chi connectivity index (χ1v) is 9.68. The maximum atomic E-state index is 12.6. The fraction of sp³-hybridized carbons (Fsp3) is 0.556. The minimum Gasteiger partial charge on any atom is -0.481 e. The Hall–Kier alpha value is -3.48. The highest BCUT2D eigenvalue weighted by molar-refractivity contribution is 5.95. The van der Waals surface area contributed by atoms with Crippen LogP contribution in [0.2, 0.25) is 0 Å². The van der Waals surface area contributed by atoms with Gasteiger partial charge < -0.3 is 36.5 Å². The summed E-state index contributed by atoms with van der Waals surface area (Å²) in [4.78, 5) is 67.6. The molecule has 13 nitrogen and oxygen atoms in total. The second-order valence-corrected chi connectivity index (χ2v) is 7.30. The molecule has 7 N–H and O–H groups in total. The summed E-state index contributed by atoms with van der Waals surface area (Å²) < 4.78 is 0. The van der Waals surface area contributed by atoms with E-state index in [2.05, 4.69) is 20.6 Å². The molecule has 2 heterocycles. The number of hydrogen-bond donors (Lipinski definition) is 6.